The van der Waals surface area contributed by atoms with Crippen molar-refractivity contribution in [3.8, 4) is 5.75 Å². The predicted molar refractivity (Wildman–Crippen MR) is 155 cm³/mol. The molecule has 11 heteroatoms. The first-order valence-electron chi connectivity index (χ1n) is 14.2. The second-order valence-corrected chi connectivity index (χ2v) is 11.0. The number of aromatic nitrogens is 2. The van der Waals surface area contributed by atoms with Crippen LogP contribution in [0.25, 0.3) is 6.08 Å². The van der Waals surface area contributed by atoms with Crippen LogP contribution in [0.2, 0.25) is 5.02 Å². The predicted octanol–water partition coefficient (Wildman–Crippen LogP) is 4.13. The first-order chi connectivity index (χ1) is 19.5. The fraction of sp³-hybridized carbons (Fsp3) is 0.517. The molecule has 40 heavy (non-hydrogen) atoms. The molecule has 3 heterocycles. The summed E-state index contributed by atoms with van der Waals surface area (Å²) in [5.41, 5.74) is 2.02. The van der Waals surface area contributed by atoms with Crippen LogP contribution < -0.4 is 20.7 Å². The van der Waals surface area contributed by atoms with Crippen molar-refractivity contribution in [3.63, 3.8) is 0 Å². The second kappa shape index (κ2) is 13.3. The number of hydrogen-bond acceptors (Lipinski definition) is 8. The molecule has 5 rings (SSSR count). The van der Waals surface area contributed by atoms with Crippen molar-refractivity contribution in [3.05, 3.63) is 40.7 Å². The highest BCUT2D eigenvalue weighted by Gasteiger charge is 2.30. The van der Waals surface area contributed by atoms with Crippen molar-refractivity contribution in [2.24, 2.45) is 5.92 Å². The van der Waals surface area contributed by atoms with Gasteiger partial charge in [0.05, 0.1) is 10.6 Å². The maximum absolute atomic E-state index is 12.7. The van der Waals surface area contributed by atoms with Gasteiger partial charge in [-0.3, -0.25) is 9.59 Å². The lowest BCUT2D eigenvalue weighted by molar-refractivity contribution is -0.137. The minimum absolute atomic E-state index is 0.0136. The monoisotopic (exact) mass is 568 g/mol. The van der Waals surface area contributed by atoms with Gasteiger partial charge in [0.15, 0.2) is 0 Å². The molecule has 0 bridgehead atoms. The highest BCUT2D eigenvalue weighted by Crippen LogP contribution is 2.34. The summed E-state index contributed by atoms with van der Waals surface area (Å²) < 4.78 is 6.23. The van der Waals surface area contributed by atoms with E-state index in [1.54, 1.807) is 12.1 Å². The minimum Gasteiger partial charge on any atom is -0.489 e. The number of ether oxygens (including phenoxy) is 1. The van der Waals surface area contributed by atoms with Crippen LogP contribution in [0.15, 0.2) is 30.1 Å². The maximum Gasteiger partial charge on any atom is 0.247 e. The quantitative estimate of drug-likeness (QED) is 0.332. The molecule has 1 saturated heterocycles. The fourth-order valence-electron chi connectivity index (χ4n) is 5.52. The summed E-state index contributed by atoms with van der Waals surface area (Å²) in [6.45, 7) is 2.44. The molecule has 2 aliphatic heterocycles. The van der Waals surface area contributed by atoms with Crippen LogP contribution in [0.1, 0.15) is 56.9 Å². The highest BCUT2D eigenvalue weighted by atomic mass is 35.5. The normalized spacial score (nSPS) is 17.9. The lowest BCUT2D eigenvalue weighted by Crippen LogP contribution is -2.44. The summed E-state index contributed by atoms with van der Waals surface area (Å²) in [6, 6.07) is 5.51. The topological polar surface area (TPSA) is 129 Å². The lowest BCUT2D eigenvalue weighted by Gasteiger charge is -2.33. The van der Waals surface area contributed by atoms with Crippen LogP contribution in [0.3, 0.4) is 0 Å². The molecular weight excluding hydrogens is 532 g/mol. The molecule has 0 spiro atoms. The van der Waals surface area contributed by atoms with E-state index < -0.39 is 0 Å². The van der Waals surface area contributed by atoms with Crippen molar-refractivity contribution >= 4 is 46.8 Å². The van der Waals surface area contributed by atoms with Gasteiger partial charge in [0.1, 0.15) is 29.8 Å². The Balaban J connectivity index is 1.22. The third-order valence-corrected chi connectivity index (χ3v) is 8.04. The number of likely N-dealkylation sites (tertiary alicyclic amines) is 1. The number of aliphatic hydroxyl groups excluding tert-OH is 1. The van der Waals surface area contributed by atoms with E-state index >= 15 is 0 Å². The number of halogens is 1. The smallest absolute Gasteiger partial charge is 0.247 e. The van der Waals surface area contributed by atoms with Crippen LogP contribution in [-0.4, -0.2) is 70.7 Å². The Kier molecular flexibility index (Phi) is 9.38. The molecule has 2 aromatic rings. The summed E-state index contributed by atoms with van der Waals surface area (Å²) in [5.74, 6) is 2.15. The molecule has 1 aromatic heterocycles. The fourth-order valence-corrected chi connectivity index (χ4v) is 5.75. The molecule has 214 valence electrons. The number of piperidine rings is 1. The number of hydrogen-bond donors (Lipinski definition) is 4. The number of nitrogens with zero attached hydrogens (tertiary/aromatic N) is 3. The van der Waals surface area contributed by atoms with E-state index in [2.05, 4.69) is 25.9 Å². The standard InChI is InChI=1S/C29H37ClN6O4/c30-24-17-21(6-7-25(24)40-22-9-13-36(14-10-22)29(39)19-4-1-2-5-19)35-27-23-16-20(28(38)32-11-3-15-37)8-12-31-26(23)33-18-34-27/h6-7,16-19,22,37H,1-5,8-15H2,(H,32,38)(H2,31,33,34,35). The Morgan fingerprint density at radius 1 is 1.15 bits per heavy atom. The highest BCUT2D eigenvalue weighted by molar-refractivity contribution is 6.32. The molecule has 0 radical (unpaired) electrons. The lowest BCUT2D eigenvalue weighted by atomic mass is 10.0. The molecule has 1 saturated carbocycles. The Labute approximate surface area is 239 Å². The zero-order valence-corrected chi connectivity index (χ0v) is 23.4. The summed E-state index contributed by atoms with van der Waals surface area (Å²) in [6.07, 6.45) is 10.3. The van der Waals surface area contributed by atoms with Gasteiger partial charge in [-0.05, 0) is 50.0 Å². The number of aliphatic hydroxyl groups is 1. The van der Waals surface area contributed by atoms with Gasteiger partial charge in [-0.15, -0.1) is 0 Å². The number of fused-ring (bicyclic) bond motifs is 1. The molecule has 0 atom stereocenters. The van der Waals surface area contributed by atoms with Crippen molar-refractivity contribution < 1.29 is 19.4 Å². The van der Waals surface area contributed by atoms with E-state index in [-0.39, 0.29) is 24.5 Å². The number of nitrogens with one attached hydrogen (secondary N) is 3. The largest absolute Gasteiger partial charge is 0.489 e. The van der Waals surface area contributed by atoms with Crippen LogP contribution in [0.5, 0.6) is 5.75 Å². The third kappa shape index (κ3) is 6.85. The summed E-state index contributed by atoms with van der Waals surface area (Å²) in [4.78, 5) is 36.2. The zero-order valence-electron chi connectivity index (χ0n) is 22.6. The number of benzene rings is 1. The summed E-state index contributed by atoms with van der Waals surface area (Å²) >= 11 is 6.62. The van der Waals surface area contributed by atoms with Gasteiger partial charge in [-0.1, -0.05) is 24.4 Å². The average molecular weight is 569 g/mol. The van der Waals surface area contributed by atoms with Gasteiger partial charge in [0.2, 0.25) is 11.8 Å². The van der Waals surface area contributed by atoms with Crippen molar-refractivity contribution in [1.82, 2.24) is 20.2 Å². The second-order valence-electron chi connectivity index (χ2n) is 10.6. The molecule has 1 aliphatic carbocycles. The van der Waals surface area contributed by atoms with Gasteiger partial charge in [-0.25, -0.2) is 9.97 Å². The van der Waals surface area contributed by atoms with E-state index in [9.17, 15) is 9.59 Å². The van der Waals surface area contributed by atoms with E-state index in [0.717, 1.165) is 57.3 Å². The minimum atomic E-state index is -0.170. The van der Waals surface area contributed by atoms with Gasteiger partial charge in [-0.2, -0.15) is 0 Å². The third-order valence-electron chi connectivity index (χ3n) is 7.75. The molecule has 10 nitrogen and oxygen atoms in total. The average Bonchev–Trinajstić information content (AvgIpc) is 3.41. The first-order valence-corrected chi connectivity index (χ1v) is 14.6. The molecule has 1 aromatic carbocycles. The first kappa shape index (κ1) is 28.2. The SMILES string of the molecule is O=C(NCCCO)C1=Cc2c(ncnc2Nc2ccc(OC3CCN(C(=O)C4CCCC4)CC3)c(Cl)c2)NCC1. The van der Waals surface area contributed by atoms with Gasteiger partial charge >= 0.3 is 0 Å². The molecule has 2 amide bonds. The van der Waals surface area contributed by atoms with E-state index in [0.29, 0.717) is 65.4 Å². The Morgan fingerprint density at radius 2 is 1.95 bits per heavy atom. The van der Waals surface area contributed by atoms with Crippen LogP contribution >= 0.6 is 11.6 Å². The van der Waals surface area contributed by atoms with Crippen molar-refractivity contribution in [1.29, 1.82) is 0 Å². The Bertz CT molecular complexity index is 1240. The number of amides is 2. The molecular formula is C29H37ClN6O4. The molecule has 0 unspecified atom stereocenters. The zero-order chi connectivity index (χ0) is 27.9. The summed E-state index contributed by atoms with van der Waals surface area (Å²) in [5, 5.41) is 18.9. The Morgan fingerprint density at radius 3 is 2.70 bits per heavy atom. The number of carbonyl (C=O) groups excluding carboxylic acids is 2. The number of anilines is 3. The van der Waals surface area contributed by atoms with E-state index in [1.165, 1.54) is 6.33 Å². The number of rotatable bonds is 9. The van der Waals surface area contributed by atoms with E-state index in [4.69, 9.17) is 21.4 Å². The van der Waals surface area contributed by atoms with Gasteiger partial charge < -0.3 is 30.7 Å². The van der Waals surface area contributed by atoms with Crippen molar-refractivity contribution in [2.45, 2.75) is 57.5 Å². The maximum atomic E-state index is 12.7. The molecule has 2 fully saturated rings. The summed E-state index contributed by atoms with van der Waals surface area (Å²) in [7, 11) is 0. The van der Waals surface area contributed by atoms with Crippen LogP contribution in [-0.2, 0) is 9.59 Å². The molecule has 4 N–H and O–H groups in total. The van der Waals surface area contributed by atoms with Crippen LogP contribution in [0, 0.1) is 5.92 Å². The van der Waals surface area contributed by atoms with Crippen LogP contribution in [0.4, 0.5) is 17.3 Å². The number of carbonyl (C=O) groups is 2. The van der Waals surface area contributed by atoms with E-state index in [1.807, 2.05) is 17.0 Å². The molecule has 3 aliphatic rings. The van der Waals surface area contributed by atoms with Crippen molar-refractivity contribution in [2.75, 3.05) is 43.4 Å². The van der Waals surface area contributed by atoms with Gasteiger partial charge in [0.25, 0.3) is 0 Å². The van der Waals surface area contributed by atoms with Gasteiger partial charge in [0, 0.05) is 62.8 Å². The Hall–Kier alpha value is -3.37.